The number of nitrogens with zero attached hydrogens (tertiary/aromatic N) is 2. The summed E-state index contributed by atoms with van der Waals surface area (Å²) in [6.07, 6.45) is 2.59. The van der Waals surface area contributed by atoms with Crippen LogP contribution in [0.15, 0.2) is 5.38 Å². The van der Waals surface area contributed by atoms with Gasteiger partial charge in [0.15, 0.2) is 0 Å². The van der Waals surface area contributed by atoms with E-state index in [4.69, 9.17) is 0 Å². The van der Waals surface area contributed by atoms with Gasteiger partial charge in [-0.05, 0) is 33.2 Å². The molecule has 1 aromatic rings. The zero-order valence-electron chi connectivity index (χ0n) is 11.9. The number of hydrogen-bond acceptors (Lipinski definition) is 4. The Labute approximate surface area is 115 Å². The molecule has 2 unspecified atom stereocenters. The highest BCUT2D eigenvalue weighted by molar-refractivity contribution is 7.09. The maximum atomic E-state index is 4.63. The van der Waals surface area contributed by atoms with Gasteiger partial charge in [-0.15, -0.1) is 11.3 Å². The molecule has 18 heavy (non-hydrogen) atoms. The third-order valence-electron chi connectivity index (χ3n) is 3.56. The van der Waals surface area contributed by atoms with Gasteiger partial charge in [0.05, 0.1) is 6.04 Å². The van der Waals surface area contributed by atoms with E-state index in [0.717, 1.165) is 12.2 Å². The fraction of sp³-hybridized carbons (Fsp3) is 0.786. The van der Waals surface area contributed by atoms with E-state index in [0.29, 0.717) is 18.1 Å². The molecule has 0 spiro atoms. The van der Waals surface area contributed by atoms with Crippen molar-refractivity contribution in [2.75, 3.05) is 13.1 Å². The van der Waals surface area contributed by atoms with Crippen LogP contribution >= 0.6 is 11.3 Å². The average molecular weight is 267 g/mol. The van der Waals surface area contributed by atoms with E-state index in [9.17, 15) is 0 Å². The molecule has 1 aliphatic rings. The van der Waals surface area contributed by atoms with Crippen molar-refractivity contribution in [1.29, 1.82) is 0 Å². The minimum absolute atomic E-state index is 0.459. The van der Waals surface area contributed by atoms with Gasteiger partial charge >= 0.3 is 0 Å². The molecule has 0 aliphatic carbocycles. The van der Waals surface area contributed by atoms with E-state index in [-0.39, 0.29) is 0 Å². The summed E-state index contributed by atoms with van der Waals surface area (Å²) in [6, 6.07) is 1.68. The number of piperidine rings is 1. The van der Waals surface area contributed by atoms with Crippen molar-refractivity contribution < 1.29 is 0 Å². The summed E-state index contributed by atoms with van der Waals surface area (Å²) in [5.41, 5.74) is 1.15. The molecule has 0 amide bonds. The average Bonchev–Trinajstić information content (AvgIpc) is 2.74. The Balaban J connectivity index is 1.95. The Kier molecular flexibility index (Phi) is 4.76. The maximum absolute atomic E-state index is 4.63. The topological polar surface area (TPSA) is 28.2 Å². The molecule has 1 N–H and O–H groups in total. The number of thiazole rings is 1. The second kappa shape index (κ2) is 6.13. The summed E-state index contributed by atoms with van der Waals surface area (Å²) >= 11 is 1.79. The van der Waals surface area contributed by atoms with Crippen molar-refractivity contribution in [3.8, 4) is 0 Å². The molecule has 1 saturated heterocycles. The first-order valence-corrected chi connectivity index (χ1v) is 7.86. The van der Waals surface area contributed by atoms with Crippen LogP contribution in [0.1, 0.15) is 50.4 Å². The standard InChI is InChI=1S/C14H25N3S/c1-10(2)15-13-6-5-7-17(8-13)12(4)14-16-11(3)9-18-14/h9-10,12-13,15H,5-8H2,1-4H3. The third kappa shape index (κ3) is 3.53. The van der Waals surface area contributed by atoms with E-state index in [2.05, 4.69) is 48.3 Å². The van der Waals surface area contributed by atoms with Crippen LogP contribution in [-0.2, 0) is 0 Å². The van der Waals surface area contributed by atoms with Crippen molar-refractivity contribution >= 4 is 11.3 Å². The van der Waals surface area contributed by atoms with Crippen LogP contribution in [0, 0.1) is 6.92 Å². The Morgan fingerprint density at radius 1 is 1.44 bits per heavy atom. The minimum atomic E-state index is 0.459. The molecule has 102 valence electrons. The molecular formula is C14H25N3S. The smallest absolute Gasteiger partial charge is 0.110 e. The number of rotatable bonds is 4. The Morgan fingerprint density at radius 3 is 2.83 bits per heavy atom. The summed E-state index contributed by atoms with van der Waals surface area (Å²) in [5, 5.41) is 7.08. The van der Waals surface area contributed by atoms with E-state index in [1.165, 1.54) is 24.4 Å². The molecule has 2 rings (SSSR count). The first-order chi connectivity index (χ1) is 8.56. The van der Waals surface area contributed by atoms with Crippen LogP contribution in [0.5, 0.6) is 0 Å². The Hall–Kier alpha value is -0.450. The van der Waals surface area contributed by atoms with Crippen LogP contribution in [0.4, 0.5) is 0 Å². The predicted octanol–water partition coefficient (Wildman–Crippen LogP) is 2.97. The van der Waals surface area contributed by atoms with Gasteiger partial charge in [0.1, 0.15) is 5.01 Å². The van der Waals surface area contributed by atoms with Gasteiger partial charge in [-0.25, -0.2) is 4.98 Å². The molecule has 4 heteroatoms. The van der Waals surface area contributed by atoms with Crippen LogP contribution in [0.2, 0.25) is 0 Å². The second-order valence-electron chi connectivity index (χ2n) is 5.66. The lowest BCUT2D eigenvalue weighted by atomic mass is 10.0. The third-order valence-corrected chi connectivity index (χ3v) is 4.70. The molecule has 2 heterocycles. The predicted molar refractivity (Wildman–Crippen MR) is 78.1 cm³/mol. The molecule has 3 nitrogen and oxygen atoms in total. The van der Waals surface area contributed by atoms with Crippen molar-refractivity contribution in [2.45, 2.75) is 58.7 Å². The summed E-state index contributed by atoms with van der Waals surface area (Å²) in [6.45, 7) is 11.2. The van der Waals surface area contributed by atoms with Gasteiger partial charge in [0.25, 0.3) is 0 Å². The molecule has 0 saturated carbocycles. The van der Waals surface area contributed by atoms with E-state index in [1.807, 2.05) is 0 Å². The van der Waals surface area contributed by atoms with Gasteiger partial charge < -0.3 is 5.32 Å². The number of hydrogen-bond donors (Lipinski definition) is 1. The molecule has 1 aromatic heterocycles. The largest absolute Gasteiger partial charge is 0.311 e. The summed E-state index contributed by atoms with van der Waals surface area (Å²) in [4.78, 5) is 7.20. The van der Waals surface area contributed by atoms with Gasteiger partial charge in [-0.2, -0.15) is 0 Å². The molecule has 2 atom stereocenters. The normalized spacial score (nSPS) is 23.5. The zero-order valence-corrected chi connectivity index (χ0v) is 12.8. The van der Waals surface area contributed by atoms with Crippen molar-refractivity contribution in [2.24, 2.45) is 0 Å². The van der Waals surface area contributed by atoms with Gasteiger partial charge in [0.2, 0.25) is 0 Å². The Bertz CT molecular complexity index is 375. The summed E-state index contributed by atoms with van der Waals surface area (Å²) in [5.74, 6) is 0. The number of aryl methyl sites for hydroxylation is 1. The van der Waals surface area contributed by atoms with Gasteiger partial charge in [-0.1, -0.05) is 13.8 Å². The van der Waals surface area contributed by atoms with Crippen molar-refractivity contribution in [3.63, 3.8) is 0 Å². The van der Waals surface area contributed by atoms with Crippen LogP contribution in [-0.4, -0.2) is 35.1 Å². The zero-order chi connectivity index (χ0) is 13.1. The van der Waals surface area contributed by atoms with Crippen LogP contribution < -0.4 is 5.32 Å². The van der Waals surface area contributed by atoms with E-state index in [1.54, 1.807) is 11.3 Å². The second-order valence-corrected chi connectivity index (χ2v) is 6.55. The van der Waals surface area contributed by atoms with Crippen molar-refractivity contribution in [3.05, 3.63) is 16.1 Å². The molecule has 0 bridgehead atoms. The summed E-state index contributed by atoms with van der Waals surface area (Å²) < 4.78 is 0. The Morgan fingerprint density at radius 2 is 2.22 bits per heavy atom. The van der Waals surface area contributed by atoms with E-state index >= 15 is 0 Å². The minimum Gasteiger partial charge on any atom is -0.311 e. The molecule has 0 radical (unpaired) electrons. The number of aromatic nitrogens is 1. The highest BCUT2D eigenvalue weighted by Gasteiger charge is 2.25. The van der Waals surface area contributed by atoms with Crippen LogP contribution in [0.25, 0.3) is 0 Å². The van der Waals surface area contributed by atoms with Gasteiger partial charge in [0, 0.05) is 29.7 Å². The fourth-order valence-electron chi connectivity index (χ4n) is 2.69. The maximum Gasteiger partial charge on any atom is 0.110 e. The lowest BCUT2D eigenvalue weighted by Crippen LogP contribution is -2.48. The lowest BCUT2D eigenvalue weighted by Gasteiger charge is -2.37. The quantitative estimate of drug-likeness (QED) is 0.909. The van der Waals surface area contributed by atoms with Crippen molar-refractivity contribution in [1.82, 2.24) is 15.2 Å². The highest BCUT2D eigenvalue weighted by Crippen LogP contribution is 2.26. The SMILES string of the molecule is Cc1csc(C(C)N2CCCC(NC(C)C)C2)n1. The molecule has 1 fully saturated rings. The fourth-order valence-corrected chi connectivity index (χ4v) is 3.57. The molecular weight excluding hydrogens is 242 g/mol. The number of nitrogens with one attached hydrogen (secondary N) is 1. The van der Waals surface area contributed by atoms with E-state index < -0.39 is 0 Å². The van der Waals surface area contributed by atoms with Crippen LogP contribution in [0.3, 0.4) is 0 Å². The molecule has 1 aliphatic heterocycles. The summed E-state index contributed by atoms with van der Waals surface area (Å²) in [7, 11) is 0. The first kappa shape index (κ1) is 14.0. The molecule has 0 aromatic carbocycles. The monoisotopic (exact) mass is 267 g/mol. The number of likely N-dealkylation sites (tertiary alicyclic amines) is 1. The van der Waals surface area contributed by atoms with Gasteiger partial charge in [-0.3, -0.25) is 4.90 Å². The first-order valence-electron chi connectivity index (χ1n) is 6.98. The highest BCUT2D eigenvalue weighted by atomic mass is 32.1. The lowest BCUT2D eigenvalue weighted by molar-refractivity contribution is 0.142.